The van der Waals surface area contributed by atoms with Crippen LogP contribution in [0.2, 0.25) is 5.02 Å². The number of carbonyl (C=O) groups is 2. The fraction of sp³-hybridized carbons (Fsp3) is 0.235. The van der Waals surface area contributed by atoms with Crippen LogP contribution in [-0.4, -0.2) is 58.5 Å². The highest BCUT2D eigenvalue weighted by Gasteiger charge is 2.35. The lowest BCUT2D eigenvalue weighted by atomic mass is 10.0. The third-order valence-electron chi connectivity index (χ3n) is 7.20. The van der Waals surface area contributed by atoms with Gasteiger partial charge in [0, 0.05) is 24.5 Å². The molecule has 0 unspecified atom stereocenters. The number of para-hydroxylation sites is 2. The van der Waals surface area contributed by atoms with Crippen molar-refractivity contribution in [3.8, 4) is 11.5 Å². The minimum Gasteiger partial charge on any atom is -0.497 e. The number of benzene rings is 4. The Morgan fingerprint density at radius 2 is 1.49 bits per heavy atom. The van der Waals surface area contributed by atoms with Gasteiger partial charge in [0.05, 0.1) is 24.8 Å². The van der Waals surface area contributed by atoms with Gasteiger partial charge in [-0.05, 0) is 60.5 Å². The maximum absolute atomic E-state index is 14.5. The van der Waals surface area contributed by atoms with Gasteiger partial charge in [-0.25, -0.2) is 8.42 Å². The van der Waals surface area contributed by atoms with Crippen LogP contribution in [0, 0.1) is 0 Å². The van der Waals surface area contributed by atoms with E-state index in [4.69, 9.17) is 21.1 Å². The second kappa shape index (κ2) is 15.5. The molecule has 1 atom stereocenters. The number of hydrogen-bond donors (Lipinski definition) is 1. The van der Waals surface area contributed by atoms with Crippen LogP contribution in [0.25, 0.3) is 0 Å². The molecule has 236 valence electrons. The zero-order valence-electron chi connectivity index (χ0n) is 25.4. The summed E-state index contributed by atoms with van der Waals surface area (Å²) in [4.78, 5) is 29.4. The van der Waals surface area contributed by atoms with Crippen LogP contribution in [0.1, 0.15) is 18.1 Å². The number of ether oxygens (including phenoxy) is 2. The van der Waals surface area contributed by atoms with Gasteiger partial charge in [-0.2, -0.15) is 0 Å². The molecule has 9 nitrogen and oxygen atoms in total. The van der Waals surface area contributed by atoms with E-state index in [0.29, 0.717) is 22.9 Å². The number of methoxy groups -OCH3 is 2. The van der Waals surface area contributed by atoms with Crippen LogP contribution in [0.4, 0.5) is 5.69 Å². The van der Waals surface area contributed by atoms with Gasteiger partial charge in [-0.1, -0.05) is 72.3 Å². The second-order valence-electron chi connectivity index (χ2n) is 10.1. The first-order chi connectivity index (χ1) is 21.7. The maximum atomic E-state index is 14.5. The molecule has 11 heteroatoms. The Morgan fingerprint density at radius 1 is 0.844 bits per heavy atom. The molecule has 4 aromatic carbocycles. The van der Waals surface area contributed by atoms with Crippen molar-refractivity contribution >= 4 is 39.1 Å². The van der Waals surface area contributed by atoms with Gasteiger partial charge in [-0.3, -0.25) is 13.9 Å². The standard InChI is InChI=1S/C34H36ClN3O6S/c1-4-36-34(40)31(22-25-12-6-5-7-13-25)37(23-26-14-8-9-15-29(26)35)33(39)24-38(30-16-10-11-17-32(30)44-3)45(41,42)28-20-18-27(43-2)19-21-28/h5-21,31H,4,22-24H2,1-3H3,(H,36,40)/t31-/m0/s1. The van der Waals surface area contributed by atoms with Gasteiger partial charge in [0.25, 0.3) is 10.0 Å². The van der Waals surface area contributed by atoms with Gasteiger partial charge in [0.15, 0.2) is 0 Å². The van der Waals surface area contributed by atoms with Crippen molar-refractivity contribution in [3.63, 3.8) is 0 Å². The molecule has 0 heterocycles. The summed E-state index contributed by atoms with van der Waals surface area (Å²) < 4.78 is 40.2. The highest BCUT2D eigenvalue weighted by Crippen LogP contribution is 2.33. The lowest BCUT2D eigenvalue weighted by Gasteiger charge is -2.34. The van der Waals surface area contributed by atoms with E-state index in [1.165, 1.54) is 43.4 Å². The third kappa shape index (κ3) is 8.14. The fourth-order valence-electron chi connectivity index (χ4n) is 4.88. The zero-order chi connectivity index (χ0) is 32.4. The number of anilines is 1. The molecular weight excluding hydrogens is 614 g/mol. The van der Waals surface area contributed by atoms with E-state index < -0.39 is 28.5 Å². The van der Waals surface area contributed by atoms with E-state index in [1.54, 1.807) is 55.5 Å². The van der Waals surface area contributed by atoms with Crippen molar-refractivity contribution in [2.24, 2.45) is 0 Å². The minimum atomic E-state index is -4.31. The maximum Gasteiger partial charge on any atom is 0.264 e. The normalized spacial score (nSPS) is 11.7. The van der Waals surface area contributed by atoms with Gasteiger partial charge >= 0.3 is 0 Å². The van der Waals surface area contributed by atoms with Crippen LogP contribution >= 0.6 is 11.6 Å². The van der Waals surface area contributed by atoms with Crippen molar-refractivity contribution in [1.82, 2.24) is 10.2 Å². The number of carbonyl (C=O) groups excluding carboxylic acids is 2. The van der Waals surface area contributed by atoms with Gasteiger partial charge in [0.1, 0.15) is 24.1 Å². The van der Waals surface area contributed by atoms with Gasteiger partial charge < -0.3 is 19.7 Å². The Kier molecular flexibility index (Phi) is 11.5. The number of rotatable bonds is 14. The summed E-state index contributed by atoms with van der Waals surface area (Å²) in [7, 11) is -1.40. The predicted molar refractivity (Wildman–Crippen MR) is 175 cm³/mol. The number of nitrogens with one attached hydrogen (secondary N) is 1. The van der Waals surface area contributed by atoms with Crippen LogP contribution in [0.5, 0.6) is 11.5 Å². The van der Waals surface area contributed by atoms with E-state index in [1.807, 2.05) is 30.3 Å². The molecule has 0 aliphatic rings. The molecule has 0 aliphatic carbocycles. The first-order valence-corrected chi connectivity index (χ1v) is 16.2. The highest BCUT2D eigenvalue weighted by molar-refractivity contribution is 7.92. The first-order valence-electron chi connectivity index (χ1n) is 14.3. The third-order valence-corrected chi connectivity index (χ3v) is 9.34. The Morgan fingerprint density at radius 3 is 2.13 bits per heavy atom. The number of sulfonamides is 1. The summed E-state index contributed by atoms with van der Waals surface area (Å²) in [5.74, 6) is -0.246. The largest absolute Gasteiger partial charge is 0.497 e. The average molecular weight is 650 g/mol. The number of hydrogen-bond acceptors (Lipinski definition) is 6. The Balaban J connectivity index is 1.83. The fourth-order valence-corrected chi connectivity index (χ4v) is 6.50. The minimum absolute atomic E-state index is 0.0323. The summed E-state index contributed by atoms with van der Waals surface area (Å²) in [6.07, 6.45) is 0.197. The first kappa shape index (κ1) is 33.4. The highest BCUT2D eigenvalue weighted by atomic mass is 35.5. The number of halogens is 1. The van der Waals surface area contributed by atoms with E-state index in [9.17, 15) is 18.0 Å². The summed E-state index contributed by atoms with van der Waals surface area (Å²) in [6, 6.07) is 27.8. The number of amides is 2. The van der Waals surface area contributed by atoms with E-state index in [-0.39, 0.29) is 35.2 Å². The predicted octanol–water partition coefficient (Wildman–Crippen LogP) is 5.33. The number of nitrogens with zero attached hydrogens (tertiary/aromatic N) is 2. The molecule has 2 amide bonds. The topological polar surface area (TPSA) is 105 Å². The molecule has 4 rings (SSSR count). The number of likely N-dealkylation sites (N-methyl/N-ethyl adjacent to an activating group) is 1. The molecule has 0 saturated heterocycles. The smallest absolute Gasteiger partial charge is 0.264 e. The SMILES string of the molecule is CCNC(=O)[C@H](Cc1ccccc1)N(Cc1ccccc1Cl)C(=O)CN(c1ccccc1OC)S(=O)(=O)c1ccc(OC)cc1. The molecule has 4 aromatic rings. The molecule has 0 saturated carbocycles. The van der Waals surface area contributed by atoms with Crippen LogP contribution < -0.4 is 19.1 Å². The average Bonchev–Trinajstić information content (AvgIpc) is 3.06. The quantitative estimate of drug-likeness (QED) is 0.198. The van der Waals surface area contributed by atoms with Gasteiger partial charge in [0.2, 0.25) is 11.8 Å². The lowest BCUT2D eigenvalue weighted by Crippen LogP contribution is -2.53. The van der Waals surface area contributed by atoms with E-state index >= 15 is 0 Å². The molecular formula is C34H36ClN3O6S. The van der Waals surface area contributed by atoms with Crippen LogP contribution in [-0.2, 0) is 32.6 Å². The Bertz CT molecular complexity index is 1700. The summed E-state index contributed by atoms with van der Waals surface area (Å²) in [5.41, 5.74) is 1.61. The molecule has 0 aromatic heterocycles. The monoisotopic (exact) mass is 649 g/mol. The van der Waals surface area contributed by atoms with Crippen molar-refractivity contribution in [2.45, 2.75) is 30.8 Å². The molecule has 0 spiro atoms. The van der Waals surface area contributed by atoms with Crippen LogP contribution in [0.15, 0.2) is 108 Å². The zero-order valence-corrected chi connectivity index (χ0v) is 26.9. The Labute approximate surface area is 269 Å². The van der Waals surface area contributed by atoms with E-state index in [0.717, 1.165) is 9.87 Å². The van der Waals surface area contributed by atoms with Gasteiger partial charge in [-0.15, -0.1) is 0 Å². The summed E-state index contributed by atoms with van der Waals surface area (Å²) in [6.45, 7) is 1.49. The summed E-state index contributed by atoms with van der Waals surface area (Å²) >= 11 is 6.53. The molecule has 1 N–H and O–H groups in total. The van der Waals surface area contributed by atoms with Crippen molar-refractivity contribution in [1.29, 1.82) is 0 Å². The van der Waals surface area contributed by atoms with E-state index in [2.05, 4.69) is 5.32 Å². The van der Waals surface area contributed by atoms with Crippen LogP contribution in [0.3, 0.4) is 0 Å². The molecule has 0 fully saturated rings. The van der Waals surface area contributed by atoms with Crippen molar-refractivity contribution < 1.29 is 27.5 Å². The second-order valence-corrected chi connectivity index (χ2v) is 12.3. The summed E-state index contributed by atoms with van der Waals surface area (Å²) in [5, 5.41) is 3.26. The van der Waals surface area contributed by atoms with Crippen molar-refractivity contribution in [2.75, 3.05) is 31.6 Å². The molecule has 0 radical (unpaired) electrons. The Hall–Kier alpha value is -4.54. The lowest BCUT2D eigenvalue weighted by molar-refractivity contribution is -0.140. The van der Waals surface area contributed by atoms with Crippen molar-refractivity contribution in [3.05, 3.63) is 119 Å². The molecule has 0 bridgehead atoms. The molecule has 45 heavy (non-hydrogen) atoms. The molecule has 0 aliphatic heterocycles.